The van der Waals surface area contributed by atoms with Crippen LogP contribution in [0.1, 0.15) is 19.8 Å². The first-order valence-corrected chi connectivity index (χ1v) is 6.69. The lowest BCUT2D eigenvalue weighted by Crippen LogP contribution is -2.31. The lowest BCUT2D eigenvalue weighted by atomic mass is 10.2. The van der Waals surface area contributed by atoms with Crippen molar-refractivity contribution in [3.8, 4) is 6.01 Å². The van der Waals surface area contributed by atoms with E-state index in [1.165, 1.54) is 7.11 Å². The summed E-state index contributed by atoms with van der Waals surface area (Å²) in [5.74, 6) is 0.844. The quantitative estimate of drug-likeness (QED) is 0.776. The maximum atomic E-state index is 11.9. The van der Waals surface area contributed by atoms with Gasteiger partial charge in [0, 0.05) is 20.1 Å². The van der Waals surface area contributed by atoms with Crippen molar-refractivity contribution in [2.75, 3.05) is 37.9 Å². The summed E-state index contributed by atoms with van der Waals surface area (Å²) >= 11 is 0. The van der Waals surface area contributed by atoms with E-state index in [0.717, 1.165) is 25.9 Å². The number of methoxy groups -OCH3 is 1. The first-order chi connectivity index (χ1) is 9.63. The van der Waals surface area contributed by atoms with Crippen molar-refractivity contribution in [2.24, 2.45) is 0 Å². The van der Waals surface area contributed by atoms with Crippen molar-refractivity contribution >= 4 is 17.8 Å². The monoisotopic (exact) mass is 280 g/mol. The largest absolute Gasteiger partial charge is 0.467 e. The van der Waals surface area contributed by atoms with Crippen LogP contribution in [0, 0.1) is 0 Å². The minimum absolute atomic E-state index is 0.0486. The highest BCUT2D eigenvalue weighted by molar-refractivity contribution is 5.86. The number of rotatable bonds is 6. The van der Waals surface area contributed by atoms with E-state index in [0.29, 0.717) is 11.9 Å². The Hall–Kier alpha value is -2.12. The van der Waals surface area contributed by atoms with E-state index < -0.39 is 0 Å². The zero-order chi connectivity index (χ0) is 14.5. The number of aromatic nitrogens is 3. The highest BCUT2D eigenvalue weighted by Crippen LogP contribution is 2.16. The maximum absolute atomic E-state index is 11.9. The van der Waals surface area contributed by atoms with Gasteiger partial charge in [-0.25, -0.2) is 0 Å². The van der Waals surface area contributed by atoms with Gasteiger partial charge < -0.3 is 20.3 Å². The van der Waals surface area contributed by atoms with E-state index in [1.807, 2.05) is 0 Å². The fraction of sp³-hybridized carbons (Fsp3) is 0.667. The van der Waals surface area contributed by atoms with Crippen molar-refractivity contribution in [2.45, 2.75) is 25.8 Å². The molecule has 8 heteroatoms. The Kier molecular flexibility index (Phi) is 4.54. The minimum Gasteiger partial charge on any atom is -0.467 e. The number of likely N-dealkylation sites (N-methyl/N-ethyl adjacent to an activating group) is 1. The van der Waals surface area contributed by atoms with E-state index in [-0.39, 0.29) is 18.0 Å². The van der Waals surface area contributed by atoms with Crippen LogP contribution in [0.3, 0.4) is 0 Å². The Morgan fingerprint density at radius 1 is 1.35 bits per heavy atom. The average Bonchev–Trinajstić information content (AvgIpc) is 2.77. The van der Waals surface area contributed by atoms with Crippen molar-refractivity contribution in [1.29, 1.82) is 0 Å². The number of amides is 1. The molecular formula is C12H20N6O2. The first kappa shape index (κ1) is 14.3. The molecule has 2 heterocycles. The minimum atomic E-state index is -0.286. The number of hydrogen-bond donors (Lipinski definition) is 2. The van der Waals surface area contributed by atoms with E-state index in [2.05, 4.69) is 32.5 Å². The lowest BCUT2D eigenvalue weighted by Gasteiger charge is -2.13. The average molecular weight is 280 g/mol. The number of carbonyl (C=O) groups excluding carboxylic acids is 1. The van der Waals surface area contributed by atoms with Crippen LogP contribution in [0.15, 0.2) is 0 Å². The predicted octanol–water partition coefficient (Wildman–Crippen LogP) is 0.345. The third-order valence-electron chi connectivity index (χ3n) is 3.06. The van der Waals surface area contributed by atoms with Crippen molar-refractivity contribution in [3.05, 3.63) is 0 Å². The summed E-state index contributed by atoms with van der Waals surface area (Å²) in [7, 11) is 3.28. The standard InChI is InChI=1S/C12H20N6O2/c1-4-6-13-10-15-11(17-12(16-10)20-3)14-8-5-7-18(2)9(8)19/h8H,4-7H2,1-3H3,(H2,13,14,15,16,17). The SMILES string of the molecule is CCCNc1nc(NC2CCN(C)C2=O)nc(OC)n1. The van der Waals surface area contributed by atoms with Crippen LogP contribution in [-0.2, 0) is 4.79 Å². The first-order valence-electron chi connectivity index (χ1n) is 6.69. The topological polar surface area (TPSA) is 92.3 Å². The summed E-state index contributed by atoms with van der Waals surface area (Å²) in [5.41, 5.74) is 0. The number of ether oxygens (including phenoxy) is 1. The Balaban J connectivity index is 2.12. The molecule has 1 saturated heterocycles. The van der Waals surface area contributed by atoms with Crippen LogP contribution in [0.5, 0.6) is 6.01 Å². The summed E-state index contributed by atoms with van der Waals surface area (Å²) in [6.45, 7) is 3.55. The van der Waals surface area contributed by atoms with Crippen molar-refractivity contribution < 1.29 is 9.53 Å². The molecule has 1 aliphatic heterocycles. The molecule has 0 bridgehead atoms. The highest BCUT2D eigenvalue weighted by atomic mass is 16.5. The highest BCUT2D eigenvalue weighted by Gasteiger charge is 2.29. The van der Waals surface area contributed by atoms with Gasteiger partial charge in [0.1, 0.15) is 6.04 Å². The van der Waals surface area contributed by atoms with Gasteiger partial charge in [-0.2, -0.15) is 15.0 Å². The zero-order valence-corrected chi connectivity index (χ0v) is 12.0. The maximum Gasteiger partial charge on any atom is 0.322 e. The van der Waals surface area contributed by atoms with Gasteiger partial charge >= 0.3 is 6.01 Å². The Labute approximate surface area is 118 Å². The summed E-state index contributed by atoms with van der Waals surface area (Å²) in [5, 5.41) is 6.12. The van der Waals surface area contributed by atoms with Gasteiger partial charge in [0.05, 0.1) is 7.11 Å². The van der Waals surface area contributed by atoms with Crippen LogP contribution >= 0.6 is 0 Å². The summed E-state index contributed by atoms with van der Waals surface area (Å²) in [4.78, 5) is 26.0. The molecule has 2 rings (SSSR count). The van der Waals surface area contributed by atoms with Crippen molar-refractivity contribution in [3.63, 3.8) is 0 Å². The molecule has 1 unspecified atom stereocenters. The molecule has 0 aliphatic carbocycles. The van der Waals surface area contributed by atoms with Crippen LogP contribution in [-0.4, -0.2) is 59.0 Å². The van der Waals surface area contributed by atoms with Gasteiger partial charge in [-0.05, 0) is 12.8 Å². The summed E-state index contributed by atoms with van der Waals surface area (Å²) in [6, 6.07) is -0.0639. The molecule has 1 aliphatic rings. The van der Waals surface area contributed by atoms with Gasteiger partial charge in [-0.3, -0.25) is 4.79 Å². The molecular weight excluding hydrogens is 260 g/mol. The Morgan fingerprint density at radius 3 is 2.70 bits per heavy atom. The van der Waals surface area contributed by atoms with Gasteiger partial charge in [-0.1, -0.05) is 6.92 Å². The molecule has 8 nitrogen and oxygen atoms in total. The number of likely N-dealkylation sites (tertiary alicyclic amines) is 1. The second-order valence-electron chi connectivity index (χ2n) is 4.64. The second-order valence-corrected chi connectivity index (χ2v) is 4.64. The molecule has 1 aromatic heterocycles. The molecule has 0 aromatic carbocycles. The van der Waals surface area contributed by atoms with E-state index in [9.17, 15) is 4.79 Å². The number of carbonyl (C=O) groups is 1. The molecule has 2 N–H and O–H groups in total. The Morgan fingerprint density at radius 2 is 2.10 bits per heavy atom. The van der Waals surface area contributed by atoms with Crippen LogP contribution in [0.2, 0.25) is 0 Å². The van der Waals surface area contributed by atoms with Crippen LogP contribution in [0.25, 0.3) is 0 Å². The Bertz CT molecular complexity index is 481. The smallest absolute Gasteiger partial charge is 0.322 e. The van der Waals surface area contributed by atoms with Gasteiger partial charge in [0.2, 0.25) is 17.8 Å². The molecule has 0 radical (unpaired) electrons. The summed E-state index contributed by atoms with van der Waals surface area (Å²) in [6.07, 6.45) is 1.70. The number of nitrogens with one attached hydrogen (secondary N) is 2. The summed E-state index contributed by atoms with van der Waals surface area (Å²) < 4.78 is 5.05. The molecule has 20 heavy (non-hydrogen) atoms. The van der Waals surface area contributed by atoms with E-state index in [4.69, 9.17) is 4.74 Å². The molecule has 1 fully saturated rings. The third-order valence-corrected chi connectivity index (χ3v) is 3.06. The number of hydrogen-bond acceptors (Lipinski definition) is 7. The lowest BCUT2D eigenvalue weighted by molar-refractivity contribution is -0.127. The molecule has 0 spiro atoms. The molecule has 1 aromatic rings. The molecule has 1 amide bonds. The van der Waals surface area contributed by atoms with Gasteiger partial charge in [0.25, 0.3) is 0 Å². The second kappa shape index (κ2) is 6.36. The molecule has 0 saturated carbocycles. The van der Waals surface area contributed by atoms with Crippen LogP contribution < -0.4 is 15.4 Å². The third kappa shape index (κ3) is 3.25. The molecule has 1 atom stereocenters. The van der Waals surface area contributed by atoms with E-state index >= 15 is 0 Å². The zero-order valence-electron chi connectivity index (χ0n) is 12.0. The normalized spacial score (nSPS) is 18.2. The fourth-order valence-corrected chi connectivity index (χ4v) is 1.94. The van der Waals surface area contributed by atoms with Gasteiger partial charge in [-0.15, -0.1) is 0 Å². The van der Waals surface area contributed by atoms with Crippen molar-refractivity contribution in [1.82, 2.24) is 19.9 Å². The predicted molar refractivity (Wildman–Crippen MR) is 74.8 cm³/mol. The van der Waals surface area contributed by atoms with E-state index in [1.54, 1.807) is 11.9 Å². The molecule has 110 valence electrons. The number of anilines is 2. The fourth-order valence-electron chi connectivity index (χ4n) is 1.94. The van der Waals surface area contributed by atoms with Crippen LogP contribution in [0.4, 0.5) is 11.9 Å². The van der Waals surface area contributed by atoms with Gasteiger partial charge in [0.15, 0.2) is 0 Å². The number of nitrogens with zero attached hydrogens (tertiary/aromatic N) is 4.